The minimum Gasteiger partial charge on any atom is -0.481 e. The van der Waals surface area contributed by atoms with E-state index < -0.39 is 5.97 Å². The first-order valence-corrected chi connectivity index (χ1v) is 13.5. The molecule has 0 atom stereocenters. The number of amides is 1. The molecule has 0 saturated carbocycles. The van der Waals surface area contributed by atoms with Crippen LogP contribution >= 0.6 is 22.9 Å². The van der Waals surface area contributed by atoms with Gasteiger partial charge in [-0.2, -0.15) is 0 Å². The van der Waals surface area contributed by atoms with Crippen molar-refractivity contribution in [3.8, 4) is 21.7 Å². The van der Waals surface area contributed by atoms with Crippen LogP contribution in [0.4, 0.5) is 5.13 Å². The lowest BCUT2D eigenvalue weighted by atomic mass is 9.86. The van der Waals surface area contributed by atoms with Crippen molar-refractivity contribution < 1.29 is 14.7 Å². The SMILES string of the molecule is CC(C)(C)c1ccc(-c2sc(NCc3ccc(C(=O)NCCC(=O)O)cc3)nc2-c2ccc(Cl)cc2)cc1. The lowest BCUT2D eigenvalue weighted by Gasteiger charge is -2.19. The first-order valence-electron chi connectivity index (χ1n) is 12.3. The van der Waals surface area contributed by atoms with E-state index in [2.05, 4.69) is 55.7 Å². The highest BCUT2D eigenvalue weighted by atomic mass is 35.5. The second-order valence-corrected chi connectivity index (χ2v) is 11.4. The monoisotopic (exact) mass is 547 g/mol. The fourth-order valence-electron chi connectivity index (χ4n) is 3.85. The van der Waals surface area contributed by atoms with Gasteiger partial charge in [0, 0.05) is 29.2 Å². The van der Waals surface area contributed by atoms with Crippen molar-refractivity contribution in [2.24, 2.45) is 0 Å². The zero-order chi connectivity index (χ0) is 27.3. The van der Waals surface area contributed by atoms with E-state index in [1.54, 1.807) is 23.5 Å². The normalized spacial score (nSPS) is 11.3. The quantitative estimate of drug-likeness (QED) is 0.205. The van der Waals surface area contributed by atoms with Crippen molar-refractivity contribution in [2.45, 2.75) is 39.2 Å². The summed E-state index contributed by atoms with van der Waals surface area (Å²) >= 11 is 7.72. The molecule has 0 bridgehead atoms. The van der Waals surface area contributed by atoms with Gasteiger partial charge in [-0.1, -0.05) is 92.2 Å². The lowest BCUT2D eigenvalue weighted by molar-refractivity contribution is -0.136. The molecule has 0 unspecified atom stereocenters. The first kappa shape index (κ1) is 27.4. The van der Waals surface area contributed by atoms with Crippen LogP contribution in [0.2, 0.25) is 5.02 Å². The number of aliphatic carboxylic acids is 1. The molecule has 3 N–H and O–H groups in total. The number of carbonyl (C=O) groups is 2. The summed E-state index contributed by atoms with van der Waals surface area (Å²) in [5.74, 6) is -1.24. The number of rotatable bonds is 9. The van der Waals surface area contributed by atoms with Crippen LogP contribution in [0, 0.1) is 0 Å². The van der Waals surface area contributed by atoms with Gasteiger partial charge in [-0.3, -0.25) is 9.59 Å². The molecule has 4 rings (SSSR count). The van der Waals surface area contributed by atoms with Crippen LogP contribution in [-0.4, -0.2) is 28.5 Å². The second kappa shape index (κ2) is 11.8. The molecule has 38 heavy (non-hydrogen) atoms. The van der Waals surface area contributed by atoms with Gasteiger partial charge in [0.15, 0.2) is 5.13 Å². The van der Waals surface area contributed by atoms with Crippen LogP contribution in [0.15, 0.2) is 72.8 Å². The van der Waals surface area contributed by atoms with Gasteiger partial charge in [0.05, 0.1) is 17.0 Å². The Hall–Kier alpha value is -3.68. The van der Waals surface area contributed by atoms with Gasteiger partial charge in [0.25, 0.3) is 5.91 Å². The molecule has 1 heterocycles. The fraction of sp³-hybridized carbons (Fsp3) is 0.233. The Morgan fingerprint density at radius 3 is 2.16 bits per heavy atom. The summed E-state index contributed by atoms with van der Waals surface area (Å²) in [6, 6.07) is 23.6. The van der Waals surface area contributed by atoms with Crippen molar-refractivity contribution in [3.63, 3.8) is 0 Å². The Bertz CT molecular complexity index is 1410. The van der Waals surface area contributed by atoms with Crippen molar-refractivity contribution in [3.05, 3.63) is 94.5 Å². The third kappa shape index (κ3) is 7.00. The van der Waals surface area contributed by atoms with Crippen molar-refractivity contribution >= 4 is 39.9 Å². The molecule has 1 aromatic heterocycles. The average Bonchev–Trinajstić information content (AvgIpc) is 3.32. The van der Waals surface area contributed by atoms with E-state index in [1.165, 1.54) is 5.56 Å². The number of carboxylic acid groups (broad SMARTS) is 1. The highest BCUT2D eigenvalue weighted by Gasteiger charge is 2.18. The minimum atomic E-state index is -0.946. The van der Waals surface area contributed by atoms with E-state index in [1.807, 2.05) is 36.4 Å². The summed E-state index contributed by atoms with van der Waals surface area (Å²) in [4.78, 5) is 28.8. The van der Waals surface area contributed by atoms with E-state index in [4.69, 9.17) is 21.7 Å². The van der Waals surface area contributed by atoms with Crippen molar-refractivity contribution in [1.82, 2.24) is 10.3 Å². The van der Waals surface area contributed by atoms with Crippen molar-refractivity contribution in [2.75, 3.05) is 11.9 Å². The maximum Gasteiger partial charge on any atom is 0.305 e. The zero-order valence-corrected chi connectivity index (χ0v) is 23.1. The van der Waals surface area contributed by atoms with Gasteiger partial charge in [-0.15, -0.1) is 0 Å². The molecule has 0 aliphatic heterocycles. The Kier molecular flexibility index (Phi) is 8.49. The van der Waals surface area contributed by atoms with E-state index in [-0.39, 0.29) is 24.3 Å². The van der Waals surface area contributed by atoms with Crippen LogP contribution in [0.3, 0.4) is 0 Å². The van der Waals surface area contributed by atoms with Gasteiger partial charge in [-0.05, 0) is 46.4 Å². The summed E-state index contributed by atoms with van der Waals surface area (Å²) in [7, 11) is 0. The predicted molar refractivity (Wildman–Crippen MR) is 155 cm³/mol. The summed E-state index contributed by atoms with van der Waals surface area (Å²) in [5.41, 5.74) is 5.82. The van der Waals surface area contributed by atoms with Crippen LogP contribution in [0.25, 0.3) is 21.7 Å². The average molecular weight is 548 g/mol. The zero-order valence-electron chi connectivity index (χ0n) is 21.5. The maximum absolute atomic E-state index is 12.2. The number of carboxylic acids is 1. The Labute approximate surface area is 231 Å². The molecule has 0 radical (unpaired) electrons. The molecule has 3 aromatic carbocycles. The third-order valence-electron chi connectivity index (χ3n) is 6.04. The van der Waals surface area contributed by atoms with E-state index >= 15 is 0 Å². The summed E-state index contributed by atoms with van der Waals surface area (Å²) in [5, 5.41) is 16.2. The summed E-state index contributed by atoms with van der Waals surface area (Å²) in [6.07, 6.45) is -0.109. The number of anilines is 1. The molecule has 8 heteroatoms. The Balaban J connectivity index is 1.52. The first-order chi connectivity index (χ1) is 18.1. The van der Waals surface area contributed by atoms with Crippen molar-refractivity contribution in [1.29, 1.82) is 0 Å². The molecule has 6 nitrogen and oxygen atoms in total. The van der Waals surface area contributed by atoms with Crippen LogP contribution in [0.1, 0.15) is 48.7 Å². The third-order valence-corrected chi connectivity index (χ3v) is 7.36. The Morgan fingerprint density at radius 2 is 1.55 bits per heavy atom. The second-order valence-electron chi connectivity index (χ2n) is 9.98. The van der Waals surface area contributed by atoms with Gasteiger partial charge < -0.3 is 15.7 Å². The molecule has 4 aromatic rings. The topological polar surface area (TPSA) is 91.3 Å². The molecule has 0 aliphatic rings. The molecule has 0 spiro atoms. The Morgan fingerprint density at radius 1 is 0.921 bits per heavy atom. The number of nitrogens with one attached hydrogen (secondary N) is 2. The highest BCUT2D eigenvalue weighted by Crippen LogP contribution is 2.40. The van der Waals surface area contributed by atoms with Crippen LogP contribution in [-0.2, 0) is 16.8 Å². The standard InChI is InChI=1S/C30H30ClN3O3S/c1-30(2,3)23-12-8-21(9-13-23)27-26(20-10-14-24(31)15-11-20)34-29(38-27)33-18-19-4-6-22(7-5-19)28(37)32-17-16-25(35)36/h4-15H,16-18H2,1-3H3,(H,32,37)(H,33,34)(H,35,36). The lowest BCUT2D eigenvalue weighted by Crippen LogP contribution is -2.25. The largest absolute Gasteiger partial charge is 0.481 e. The number of nitrogens with zero attached hydrogens (tertiary/aromatic N) is 1. The minimum absolute atomic E-state index is 0.0760. The van der Waals surface area contributed by atoms with E-state index in [9.17, 15) is 9.59 Å². The number of halogens is 1. The van der Waals surface area contributed by atoms with E-state index in [0.29, 0.717) is 17.1 Å². The molecular weight excluding hydrogens is 518 g/mol. The molecule has 0 fully saturated rings. The fourth-order valence-corrected chi connectivity index (χ4v) is 4.97. The predicted octanol–water partition coefficient (Wildman–Crippen LogP) is 7.24. The van der Waals surface area contributed by atoms with Gasteiger partial charge in [-0.25, -0.2) is 4.98 Å². The number of benzene rings is 3. The highest BCUT2D eigenvalue weighted by molar-refractivity contribution is 7.19. The van der Waals surface area contributed by atoms with Gasteiger partial charge in [0.1, 0.15) is 0 Å². The molecular formula is C30H30ClN3O3S. The summed E-state index contributed by atoms with van der Waals surface area (Å²) in [6.45, 7) is 7.24. The smallest absolute Gasteiger partial charge is 0.305 e. The molecule has 196 valence electrons. The molecule has 0 saturated heterocycles. The number of aromatic nitrogens is 1. The number of thiazole rings is 1. The van der Waals surface area contributed by atoms with Crippen LogP contribution in [0.5, 0.6) is 0 Å². The maximum atomic E-state index is 12.2. The number of hydrogen-bond acceptors (Lipinski definition) is 5. The molecule has 0 aliphatic carbocycles. The molecule has 1 amide bonds. The van der Waals surface area contributed by atoms with Gasteiger partial charge >= 0.3 is 5.97 Å². The van der Waals surface area contributed by atoms with E-state index in [0.717, 1.165) is 32.4 Å². The number of carbonyl (C=O) groups excluding carboxylic acids is 1. The van der Waals surface area contributed by atoms with Gasteiger partial charge in [0.2, 0.25) is 0 Å². The summed E-state index contributed by atoms with van der Waals surface area (Å²) < 4.78 is 0. The van der Waals surface area contributed by atoms with Crippen LogP contribution < -0.4 is 10.6 Å². The number of hydrogen-bond donors (Lipinski definition) is 3.